The van der Waals surface area contributed by atoms with Crippen molar-refractivity contribution in [1.29, 1.82) is 0 Å². The fourth-order valence-corrected chi connectivity index (χ4v) is 0.708. The highest BCUT2D eigenvalue weighted by atomic mass is 35.5. The van der Waals surface area contributed by atoms with Crippen molar-refractivity contribution in [1.82, 2.24) is 5.32 Å². The standard InChI is InChI=1S/C8H16ClNO/c1-6(5-11)8(3)10-4-7(2)9/h6,8,10-11H,2,4-5H2,1,3H3. The number of hydrogen-bond acceptors (Lipinski definition) is 2. The average Bonchev–Trinajstić information content (AvgIpc) is 1.98. The Balaban J connectivity index is 3.51. The van der Waals surface area contributed by atoms with E-state index in [9.17, 15) is 0 Å². The molecule has 0 amide bonds. The predicted octanol–water partition coefficient (Wildman–Crippen LogP) is 1.35. The van der Waals surface area contributed by atoms with E-state index in [0.717, 1.165) is 0 Å². The van der Waals surface area contributed by atoms with Gasteiger partial charge in [-0.05, 0) is 12.8 Å². The minimum absolute atomic E-state index is 0.197. The summed E-state index contributed by atoms with van der Waals surface area (Å²) in [7, 11) is 0. The molecule has 2 nitrogen and oxygen atoms in total. The second kappa shape index (κ2) is 5.58. The van der Waals surface area contributed by atoms with Crippen LogP contribution in [-0.2, 0) is 0 Å². The Hall–Kier alpha value is -0.0500. The van der Waals surface area contributed by atoms with Crippen molar-refractivity contribution in [2.45, 2.75) is 19.9 Å². The van der Waals surface area contributed by atoms with Crippen molar-refractivity contribution >= 4 is 11.6 Å². The molecule has 3 heteroatoms. The molecule has 0 aliphatic rings. The van der Waals surface area contributed by atoms with Gasteiger partial charge < -0.3 is 10.4 Å². The first-order valence-electron chi connectivity index (χ1n) is 3.75. The van der Waals surface area contributed by atoms with Gasteiger partial charge in [0.15, 0.2) is 0 Å². The molecule has 0 saturated carbocycles. The van der Waals surface area contributed by atoms with Gasteiger partial charge in [-0.2, -0.15) is 0 Å². The molecule has 0 fully saturated rings. The zero-order valence-electron chi connectivity index (χ0n) is 7.10. The minimum atomic E-state index is 0.197. The van der Waals surface area contributed by atoms with E-state index in [1.165, 1.54) is 0 Å². The number of nitrogens with one attached hydrogen (secondary N) is 1. The van der Waals surface area contributed by atoms with E-state index in [1.807, 2.05) is 13.8 Å². The Kier molecular flexibility index (Phi) is 5.56. The molecule has 0 aromatic heterocycles. The molecule has 2 N–H and O–H groups in total. The Bertz CT molecular complexity index is 127. The predicted molar refractivity (Wildman–Crippen MR) is 48.7 cm³/mol. The largest absolute Gasteiger partial charge is 0.396 e. The first-order valence-corrected chi connectivity index (χ1v) is 4.13. The maximum Gasteiger partial charge on any atom is 0.0471 e. The summed E-state index contributed by atoms with van der Waals surface area (Å²) in [5.41, 5.74) is 0. The third kappa shape index (κ3) is 5.24. The fraction of sp³-hybridized carbons (Fsp3) is 0.750. The van der Waals surface area contributed by atoms with Crippen LogP contribution in [-0.4, -0.2) is 24.3 Å². The Morgan fingerprint density at radius 1 is 1.64 bits per heavy atom. The lowest BCUT2D eigenvalue weighted by Crippen LogP contribution is -2.34. The number of hydrogen-bond donors (Lipinski definition) is 2. The van der Waals surface area contributed by atoms with E-state index in [0.29, 0.717) is 11.6 Å². The molecule has 0 aliphatic carbocycles. The van der Waals surface area contributed by atoms with Crippen molar-refractivity contribution in [2.24, 2.45) is 5.92 Å². The lowest BCUT2D eigenvalue weighted by molar-refractivity contribution is 0.209. The second-order valence-electron chi connectivity index (χ2n) is 2.85. The third-order valence-corrected chi connectivity index (χ3v) is 1.89. The van der Waals surface area contributed by atoms with Gasteiger partial charge in [-0.1, -0.05) is 25.1 Å². The summed E-state index contributed by atoms with van der Waals surface area (Å²) in [6.45, 7) is 8.35. The third-order valence-electron chi connectivity index (χ3n) is 1.76. The number of rotatable bonds is 5. The molecular formula is C8H16ClNO. The topological polar surface area (TPSA) is 32.3 Å². The Labute approximate surface area is 73.3 Å². The molecule has 0 heterocycles. The van der Waals surface area contributed by atoms with Gasteiger partial charge >= 0.3 is 0 Å². The second-order valence-corrected chi connectivity index (χ2v) is 3.38. The van der Waals surface area contributed by atoms with Gasteiger partial charge in [0, 0.05) is 24.2 Å². The highest BCUT2D eigenvalue weighted by molar-refractivity contribution is 6.29. The van der Waals surface area contributed by atoms with Crippen molar-refractivity contribution in [3.63, 3.8) is 0 Å². The molecule has 2 unspecified atom stereocenters. The van der Waals surface area contributed by atoms with Crippen molar-refractivity contribution in [3.05, 3.63) is 11.6 Å². The monoisotopic (exact) mass is 177 g/mol. The molecule has 0 bridgehead atoms. The summed E-state index contributed by atoms with van der Waals surface area (Å²) < 4.78 is 0. The normalized spacial score (nSPS) is 16.0. The zero-order chi connectivity index (χ0) is 8.85. The molecule has 0 spiro atoms. The van der Waals surface area contributed by atoms with E-state index in [2.05, 4.69) is 11.9 Å². The summed E-state index contributed by atoms with van der Waals surface area (Å²) in [6.07, 6.45) is 0. The van der Waals surface area contributed by atoms with Crippen LogP contribution in [0.2, 0.25) is 0 Å². The maximum atomic E-state index is 8.78. The Morgan fingerprint density at radius 2 is 2.18 bits per heavy atom. The summed E-state index contributed by atoms with van der Waals surface area (Å²) in [6, 6.07) is 0.274. The van der Waals surface area contributed by atoms with Gasteiger partial charge in [-0.25, -0.2) is 0 Å². The van der Waals surface area contributed by atoms with Crippen LogP contribution in [0.1, 0.15) is 13.8 Å². The van der Waals surface area contributed by atoms with Gasteiger partial charge in [0.05, 0.1) is 0 Å². The van der Waals surface area contributed by atoms with Crippen LogP contribution in [0.15, 0.2) is 11.6 Å². The molecule has 11 heavy (non-hydrogen) atoms. The van der Waals surface area contributed by atoms with Crippen LogP contribution in [0.25, 0.3) is 0 Å². The molecule has 66 valence electrons. The number of aliphatic hydroxyl groups is 1. The van der Waals surface area contributed by atoms with Crippen LogP contribution in [0, 0.1) is 5.92 Å². The van der Waals surface area contributed by atoms with Crippen LogP contribution >= 0.6 is 11.6 Å². The van der Waals surface area contributed by atoms with E-state index in [1.54, 1.807) is 0 Å². The molecule has 0 aromatic carbocycles. The van der Waals surface area contributed by atoms with E-state index in [4.69, 9.17) is 16.7 Å². The summed E-state index contributed by atoms with van der Waals surface area (Å²) >= 11 is 5.55. The first-order chi connectivity index (χ1) is 5.07. The van der Waals surface area contributed by atoms with Gasteiger partial charge in [0.25, 0.3) is 0 Å². The van der Waals surface area contributed by atoms with E-state index < -0.39 is 0 Å². The molecule has 2 atom stereocenters. The molecule has 0 saturated heterocycles. The molecule has 0 radical (unpaired) electrons. The lowest BCUT2D eigenvalue weighted by atomic mass is 10.1. The SMILES string of the molecule is C=C(Cl)CNC(C)C(C)CO. The highest BCUT2D eigenvalue weighted by Gasteiger charge is 2.09. The summed E-state index contributed by atoms with van der Waals surface area (Å²) in [5, 5.41) is 12.5. The minimum Gasteiger partial charge on any atom is -0.396 e. The Morgan fingerprint density at radius 3 is 2.55 bits per heavy atom. The maximum absolute atomic E-state index is 8.78. The smallest absolute Gasteiger partial charge is 0.0471 e. The van der Waals surface area contributed by atoms with Crippen LogP contribution in [0.3, 0.4) is 0 Å². The van der Waals surface area contributed by atoms with Gasteiger partial charge in [-0.15, -0.1) is 0 Å². The average molecular weight is 178 g/mol. The van der Waals surface area contributed by atoms with E-state index in [-0.39, 0.29) is 18.6 Å². The van der Waals surface area contributed by atoms with Crippen LogP contribution in [0.5, 0.6) is 0 Å². The molecular weight excluding hydrogens is 162 g/mol. The number of halogens is 1. The lowest BCUT2D eigenvalue weighted by Gasteiger charge is -2.18. The van der Waals surface area contributed by atoms with Crippen molar-refractivity contribution in [3.8, 4) is 0 Å². The van der Waals surface area contributed by atoms with Gasteiger partial charge in [-0.3, -0.25) is 0 Å². The first kappa shape index (κ1) is 11.0. The molecule has 0 rings (SSSR count). The quantitative estimate of drug-likeness (QED) is 0.665. The van der Waals surface area contributed by atoms with Crippen LogP contribution < -0.4 is 5.32 Å². The summed E-state index contributed by atoms with van der Waals surface area (Å²) in [5.74, 6) is 0.256. The molecule has 0 aromatic rings. The summed E-state index contributed by atoms with van der Waals surface area (Å²) in [4.78, 5) is 0. The van der Waals surface area contributed by atoms with Gasteiger partial charge in [0.1, 0.15) is 0 Å². The van der Waals surface area contributed by atoms with Crippen molar-refractivity contribution < 1.29 is 5.11 Å². The fourth-order valence-electron chi connectivity index (χ4n) is 0.631. The van der Waals surface area contributed by atoms with E-state index >= 15 is 0 Å². The molecule has 0 aliphatic heterocycles. The highest BCUT2D eigenvalue weighted by Crippen LogP contribution is 2.02. The zero-order valence-corrected chi connectivity index (χ0v) is 7.86. The van der Waals surface area contributed by atoms with Crippen LogP contribution in [0.4, 0.5) is 0 Å². The number of aliphatic hydroxyl groups excluding tert-OH is 1. The van der Waals surface area contributed by atoms with Gasteiger partial charge in [0.2, 0.25) is 0 Å². The van der Waals surface area contributed by atoms with Crippen molar-refractivity contribution in [2.75, 3.05) is 13.2 Å².